The van der Waals surface area contributed by atoms with E-state index in [4.69, 9.17) is 0 Å². The molecule has 8 rings (SSSR count). The van der Waals surface area contributed by atoms with Gasteiger partial charge in [-0.2, -0.15) is 0 Å². The number of anilines is 3. The molecule has 0 saturated carbocycles. The van der Waals surface area contributed by atoms with E-state index in [1.54, 1.807) is 0 Å². The molecule has 1 nitrogen and oxygen atoms in total. The van der Waals surface area contributed by atoms with Crippen molar-refractivity contribution in [2.75, 3.05) is 4.90 Å². The Morgan fingerprint density at radius 3 is 1.47 bits per heavy atom. The maximum Gasteiger partial charge on any atom is 0.0468 e. The molecule has 0 saturated heterocycles. The molecule has 0 amide bonds. The molecule has 0 heterocycles. The van der Waals surface area contributed by atoms with E-state index >= 15 is 0 Å². The molecule has 8 aromatic rings. The topological polar surface area (TPSA) is 3.24 Å². The van der Waals surface area contributed by atoms with Gasteiger partial charge in [-0.1, -0.05) is 156 Å². The Hall–Kier alpha value is -4.24. The number of rotatable bonds is 4. The van der Waals surface area contributed by atoms with Crippen LogP contribution in [0.1, 0.15) is 0 Å². The minimum atomic E-state index is 1.13. The van der Waals surface area contributed by atoms with E-state index in [-0.39, 0.29) is 0 Å². The lowest BCUT2D eigenvalue weighted by Crippen LogP contribution is -2.09. The third-order valence-corrected chi connectivity index (χ3v) is 8.23. The van der Waals surface area contributed by atoms with Crippen LogP contribution in [0, 0.1) is 0 Å². The van der Waals surface area contributed by atoms with Crippen molar-refractivity contribution in [1.82, 2.24) is 0 Å². The molecule has 1 atom stereocenters. The van der Waals surface area contributed by atoms with Gasteiger partial charge in [0.05, 0.1) is 0 Å². The van der Waals surface area contributed by atoms with Gasteiger partial charge in [-0.3, -0.25) is 0 Å². The van der Waals surface area contributed by atoms with Crippen molar-refractivity contribution in [3.63, 3.8) is 0 Å². The number of halogens is 1. The van der Waals surface area contributed by atoms with Gasteiger partial charge >= 0.3 is 0 Å². The van der Waals surface area contributed by atoms with E-state index in [1.165, 1.54) is 54.2 Å². The summed E-state index contributed by atoms with van der Waals surface area (Å²) in [6.07, 6.45) is 0. The van der Waals surface area contributed by atoms with Crippen molar-refractivity contribution in [2.45, 2.75) is 0 Å². The van der Waals surface area contributed by atoms with Gasteiger partial charge in [-0.15, -0.1) is 0 Å². The average Bonchev–Trinajstić information content (AvgIpc) is 3.10. The highest BCUT2D eigenvalue weighted by molar-refractivity contribution is 14.2. The number of hydrogen-bond donors (Lipinski definition) is 0. The van der Waals surface area contributed by atoms with E-state index in [1.807, 2.05) is 0 Å². The monoisotopic (exact) mass is 681 g/mol. The van der Waals surface area contributed by atoms with Gasteiger partial charge in [0, 0.05) is 17.1 Å². The van der Waals surface area contributed by atoms with Crippen LogP contribution >= 0.6 is 28.9 Å². The molecule has 0 N–H and O–H groups in total. The summed E-state index contributed by atoms with van der Waals surface area (Å²) in [5.74, 6) is 0. The fraction of sp³-hybridized carbons (Fsp3) is 0. The third kappa shape index (κ3) is 5.05. The molecule has 8 aromatic carbocycles. The van der Waals surface area contributed by atoms with Crippen LogP contribution in [-0.2, 0) is 0 Å². The van der Waals surface area contributed by atoms with Gasteiger partial charge in [0.2, 0.25) is 0 Å². The molecule has 3 heteroatoms. The van der Waals surface area contributed by atoms with Crippen LogP contribution in [0.25, 0.3) is 54.2 Å². The highest BCUT2D eigenvalue weighted by atomic mass is 127. The van der Waals surface area contributed by atoms with Crippen molar-refractivity contribution in [3.05, 3.63) is 164 Å². The molecular formula is C40H29INP. The average molecular weight is 682 g/mol. The van der Waals surface area contributed by atoms with Gasteiger partial charge in [0.25, 0.3) is 0 Å². The quantitative estimate of drug-likeness (QED) is 0.102. The molecule has 0 aliphatic heterocycles. The number of nitrogens with zero attached hydrogens (tertiary/aromatic N) is 1. The Labute approximate surface area is 267 Å². The minimum Gasteiger partial charge on any atom is -0.310 e. The fourth-order valence-corrected chi connectivity index (χ4v) is 6.33. The zero-order chi connectivity index (χ0) is 29.2. The van der Waals surface area contributed by atoms with Gasteiger partial charge in [0.15, 0.2) is 0 Å². The Morgan fingerprint density at radius 1 is 0.349 bits per heavy atom. The molecule has 206 valence electrons. The van der Waals surface area contributed by atoms with E-state index in [0.29, 0.717) is 0 Å². The molecular weight excluding hydrogens is 652 g/mol. The summed E-state index contributed by atoms with van der Waals surface area (Å²) < 4.78 is 0. The largest absolute Gasteiger partial charge is 0.310 e. The standard InChI is InChI=1S/C40H27N.H2IP/c1-2-13-30(14-3-1)41(31-23-21-29(22-24-31)34-20-10-12-28-11-4-5-15-33(28)34)32-25-26-39-37-18-7-6-16-35(37)36-17-8-9-19-38(36)40(39)27-32;1-2/h1-27H;2H2. The first-order valence-electron chi connectivity index (χ1n) is 14.3. The first kappa shape index (κ1) is 27.6. The first-order chi connectivity index (χ1) is 21.3. The van der Waals surface area contributed by atoms with Crippen LogP contribution in [0.5, 0.6) is 0 Å². The van der Waals surface area contributed by atoms with Crippen molar-refractivity contribution in [2.24, 2.45) is 0 Å². The van der Waals surface area contributed by atoms with Crippen molar-refractivity contribution < 1.29 is 0 Å². The van der Waals surface area contributed by atoms with Gasteiger partial charge in [-0.05, 0) is 90.6 Å². The lowest BCUT2D eigenvalue weighted by Gasteiger charge is -2.26. The summed E-state index contributed by atoms with van der Waals surface area (Å²) in [7, 11) is 0. The maximum absolute atomic E-state index is 2.39. The predicted molar refractivity (Wildman–Crippen MR) is 200 cm³/mol. The molecule has 0 bridgehead atoms. The Bertz CT molecular complexity index is 2170. The van der Waals surface area contributed by atoms with Crippen LogP contribution in [0.4, 0.5) is 17.1 Å². The summed E-state index contributed by atoms with van der Waals surface area (Å²) in [5.41, 5.74) is 5.88. The normalized spacial score (nSPS) is 11.0. The summed E-state index contributed by atoms with van der Waals surface area (Å²) in [5, 5.41) is 10.2. The highest BCUT2D eigenvalue weighted by Crippen LogP contribution is 2.41. The molecule has 0 fully saturated rings. The van der Waals surface area contributed by atoms with E-state index in [0.717, 1.165) is 17.1 Å². The Balaban J connectivity index is 0.00000147. The van der Waals surface area contributed by atoms with E-state index < -0.39 is 0 Å². The van der Waals surface area contributed by atoms with Crippen LogP contribution in [-0.4, -0.2) is 0 Å². The van der Waals surface area contributed by atoms with Crippen LogP contribution < -0.4 is 4.90 Å². The number of para-hydroxylation sites is 1. The van der Waals surface area contributed by atoms with Crippen molar-refractivity contribution >= 4 is 89.1 Å². The summed E-state index contributed by atoms with van der Waals surface area (Å²) >= 11 is 2.07. The lowest BCUT2D eigenvalue weighted by atomic mass is 9.94. The Morgan fingerprint density at radius 2 is 0.814 bits per heavy atom. The smallest absolute Gasteiger partial charge is 0.0468 e. The number of benzene rings is 8. The molecule has 0 spiro atoms. The summed E-state index contributed by atoms with van der Waals surface area (Å²) in [6.45, 7) is 2.39. The van der Waals surface area contributed by atoms with Crippen molar-refractivity contribution in [3.8, 4) is 11.1 Å². The second-order valence-electron chi connectivity index (χ2n) is 10.6. The van der Waals surface area contributed by atoms with Crippen molar-refractivity contribution in [1.29, 1.82) is 0 Å². The van der Waals surface area contributed by atoms with E-state index in [2.05, 4.69) is 198 Å². The van der Waals surface area contributed by atoms with Crippen LogP contribution in [0.2, 0.25) is 0 Å². The zero-order valence-electron chi connectivity index (χ0n) is 23.5. The number of hydrogen-bond acceptors (Lipinski definition) is 1. The minimum absolute atomic E-state index is 1.13. The van der Waals surface area contributed by atoms with Gasteiger partial charge in [0.1, 0.15) is 0 Å². The summed E-state index contributed by atoms with van der Waals surface area (Å²) in [4.78, 5) is 2.36. The zero-order valence-corrected chi connectivity index (χ0v) is 26.8. The second-order valence-corrected chi connectivity index (χ2v) is 10.6. The Kier molecular flexibility index (Phi) is 7.80. The predicted octanol–water partition coefficient (Wildman–Crippen LogP) is 12.6. The molecule has 43 heavy (non-hydrogen) atoms. The second kappa shape index (κ2) is 12.2. The molecule has 0 aromatic heterocycles. The van der Waals surface area contributed by atoms with Crippen LogP contribution in [0.3, 0.4) is 0 Å². The molecule has 0 aliphatic rings. The molecule has 0 radical (unpaired) electrons. The SMILES string of the molecule is PI.c1ccc(N(c2ccc(-c3cccc4ccccc34)cc2)c2ccc3c4ccccc4c4ccccc4c3c2)cc1. The molecule has 1 unspecified atom stereocenters. The fourth-order valence-electron chi connectivity index (χ4n) is 6.33. The first-order valence-corrected chi connectivity index (χ1v) is 18.5. The number of fused-ring (bicyclic) bond motifs is 7. The lowest BCUT2D eigenvalue weighted by molar-refractivity contribution is 1.29. The third-order valence-electron chi connectivity index (χ3n) is 8.23. The molecule has 0 aliphatic carbocycles. The van der Waals surface area contributed by atoms with Crippen LogP contribution in [0.15, 0.2) is 164 Å². The van der Waals surface area contributed by atoms with Gasteiger partial charge < -0.3 is 4.90 Å². The van der Waals surface area contributed by atoms with E-state index in [9.17, 15) is 0 Å². The maximum atomic E-state index is 2.39. The van der Waals surface area contributed by atoms with Gasteiger partial charge in [-0.25, -0.2) is 0 Å². The highest BCUT2D eigenvalue weighted by Gasteiger charge is 2.16. The summed E-state index contributed by atoms with van der Waals surface area (Å²) in [6, 6.07) is 59.2.